The van der Waals surface area contributed by atoms with Gasteiger partial charge in [0.05, 0.1) is 5.56 Å². The predicted octanol–water partition coefficient (Wildman–Crippen LogP) is 2.85. The van der Waals surface area contributed by atoms with E-state index in [0.29, 0.717) is 6.20 Å². The van der Waals surface area contributed by atoms with Gasteiger partial charge in [-0.2, -0.15) is 13.2 Å². The number of rotatable bonds is 3. The molecule has 0 radical (unpaired) electrons. The van der Waals surface area contributed by atoms with Crippen LogP contribution in [0, 0.1) is 0 Å². The lowest BCUT2D eigenvalue weighted by atomic mass is 10.2. The van der Waals surface area contributed by atoms with E-state index in [9.17, 15) is 18.0 Å². The van der Waals surface area contributed by atoms with Crippen LogP contribution in [-0.4, -0.2) is 23.1 Å². The summed E-state index contributed by atoms with van der Waals surface area (Å²) in [4.78, 5) is 14.9. The lowest BCUT2D eigenvalue weighted by Crippen LogP contribution is -2.28. The Balaban J connectivity index is 2.53. The molecule has 4 nitrogen and oxygen atoms in total. The van der Waals surface area contributed by atoms with Crippen LogP contribution in [0.15, 0.2) is 18.3 Å². The minimum Gasteiger partial charge on any atom is -0.459 e. The van der Waals surface area contributed by atoms with Gasteiger partial charge in [-0.05, 0) is 32.9 Å². The second-order valence-electron chi connectivity index (χ2n) is 4.87. The van der Waals surface area contributed by atoms with E-state index in [1.807, 2.05) is 0 Å². The van der Waals surface area contributed by atoms with Crippen molar-refractivity contribution in [3.63, 3.8) is 0 Å². The van der Waals surface area contributed by atoms with Crippen molar-refractivity contribution in [1.29, 1.82) is 0 Å². The number of alkyl halides is 3. The highest BCUT2D eigenvalue weighted by molar-refractivity contribution is 5.74. The first-order valence-corrected chi connectivity index (χ1v) is 5.57. The van der Waals surface area contributed by atoms with E-state index in [1.54, 1.807) is 20.8 Å². The van der Waals surface area contributed by atoms with Gasteiger partial charge in [0.25, 0.3) is 0 Å². The van der Waals surface area contributed by atoms with Crippen LogP contribution in [-0.2, 0) is 15.7 Å². The van der Waals surface area contributed by atoms with Crippen LogP contribution in [0.3, 0.4) is 0 Å². The third-order valence-corrected chi connectivity index (χ3v) is 1.92. The highest BCUT2D eigenvalue weighted by Crippen LogP contribution is 2.28. The smallest absolute Gasteiger partial charge is 0.417 e. The van der Waals surface area contributed by atoms with E-state index in [-0.39, 0.29) is 12.4 Å². The topological polar surface area (TPSA) is 51.2 Å². The number of pyridine rings is 1. The zero-order valence-electron chi connectivity index (χ0n) is 10.8. The first kappa shape index (κ1) is 15.3. The first-order chi connectivity index (χ1) is 8.58. The number of hydrogen-bond donors (Lipinski definition) is 1. The molecule has 0 amide bonds. The van der Waals surface area contributed by atoms with Crippen LogP contribution in [0.5, 0.6) is 0 Å². The monoisotopic (exact) mass is 276 g/mol. The molecule has 1 aromatic rings. The molecule has 0 aromatic carbocycles. The maximum absolute atomic E-state index is 12.3. The van der Waals surface area contributed by atoms with Crippen molar-refractivity contribution in [2.75, 3.05) is 11.9 Å². The number of aromatic nitrogens is 1. The largest absolute Gasteiger partial charge is 0.459 e. The van der Waals surface area contributed by atoms with E-state index < -0.39 is 23.3 Å². The molecule has 0 spiro atoms. The third-order valence-electron chi connectivity index (χ3n) is 1.92. The summed E-state index contributed by atoms with van der Waals surface area (Å²) in [6, 6.07) is 2.05. The average molecular weight is 276 g/mol. The Kier molecular flexibility index (Phi) is 4.39. The molecule has 0 fully saturated rings. The number of halogens is 3. The molecule has 0 atom stereocenters. The van der Waals surface area contributed by atoms with E-state index in [0.717, 1.165) is 12.1 Å². The summed E-state index contributed by atoms with van der Waals surface area (Å²) in [5.74, 6) is -0.326. The number of ether oxygens (including phenoxy) is 1. The van der Waals surface area contributed by atoms with Gasteiger partial charge in [0.2, 0.25) is 0 Å². The zero-order chi connectivity index (χ0) is 14.7. The minimum atomic E-state index is -4.42. The fourth-order valence-corrected chi connectivity index (χ4v) is 1.21. The summed E-state index contributed by atoms with van der Waals surface area (Å²) in [7, 11) is 0. The molecule has 106 valence electrons. The molecular weight excluding hydrogens is 261 g/mol. The van der Waals surface area contributed by atoms with Crippen LogP contribution < -0.4 is 5.32 Å². The zero-order valence-corrected chi connectivity index (χ0v) is 10.8. The normalized spacial score (nSPS) is 12.1. The summed E-state index contributed by atoms with van der Waals surface area (Å²) in [5, 5.41) is 2.59. The van der Waals surface area contributed by atoms with Gasteiger partial charge in [-0.15, -0.1) is 0 Å². The number of esters is 1. The SMILES string of the molecule is CC(C)(C)OC(=O)CNc1ccc(C(F)(F)F)cn1. The fraction of sp³-hybridized carbons (Fsp3) is 0.500. The van der Waals surface area contributed by atoms with Crippen molar-refractivity contribution >= 4 is 11.8 Å². The van der Waals surface area contributed by atoms with E-state index in [1.165, 1.54) is 0 Å². The number of hydrogen-bond acceptors (Lipinski definition) is 4. The Hall–Kier alpha value is -1.79. The Morgan fingerprint density at radius 3 is 2.37 bits per heavy atom. The number of carbonyl (C=O) groups is 1. The molecule has 7 heteroatoms. The van der Waals surface area contributed by atoms with Crippen molar-refractivity contribution < 1.29 is 22.7 Å². The number of nitrogens with one attached hydrogen (secondary N) is 1. The van der Waals surface area contributed by atoms with Crippen molar-refractivity contribution in [2.24, 2.45) is 0 Å². The second-order valence-corrected chi connectivity index (χ2v) is 4.87. The van der Waals surface area contributed by atoms with Crippen molar-refractivity contribution in [1.82, 2.24) is 4.98 Å². The maximum atomic E-state index is 12.3. The average Bonchev–Trinajstić information content (AvgIpc) is 2.23. The molecule has 0 aliphatic carbocycles. The van der Waals surface area contributed by atoms with Crippen LogP contribution in [0.2, 0.25) is 0 Å². The van der Waals surface area contributed by atoms with E-state index in [4.69, 9.17) is 4.74 Å². The molecule has 0 unspecified atom stereocenters. The quantitative estimate of drug-likeness (QED) is 0.862. The molecule has 0 aliphatic heterocycles. The number of anilines is 1. The maximum Gasteiger partial charge on any atom is 0.417 e. The summed E-state index contributed by atoms with van der Waals surface area (Å²) in [5.41, 5.74) is -1.44. The van der Waals surface area contributed by atoms with Crippen molar-refractivity contribution in [3.8, 4) is 0 Å². The van der Waals surface area contributed by atoms with Crippen molar-refractivity contribution in [2.45, 2.75) is 32.5 Å². The molecule has 0 aliphatic rings. The minimum absolute atomic E-state index is 0.157. The molecule has 1 heterocycles. The van der Waals surface area contributed by atoms with Gasteiger partial charge in [-0.1, -0.05) is 0 Å². The summed E-state index contributed by atoms with van der Waals surface area (Å²) in [6.07, 6.45) is -3.71. The van der Waals surface area contributed by atoms with Gasteiger partial charge in [-0.25, -0.2) is 4.98 Å². The molecule has 1 rings (SSSR count). The van der Waals surface area contributed by atoms with Crippen molar-refractivity contribution in [3.05, 3.63) is 23.9 Å². The van der Waals surface area contributed by atoms with Crippen LogP contribution >= 0.6 is 0 Å². The molecule has 1 N–H and O–H groups in total. The Bertz CT molecular complexity index is 436. The third kappa shape index (κ3) is 5.58. The van der Waals surface area contributed by atoms with Crippen LogP contribution in [0.1, 0.15) is 26.3 Å². The standard InChI is InChI=1S/C12H15F3N2O2/c1-11(2,3)19-10(18)7-17-9-5-4-8(6-16-9)12(13,14)15/h4-6H,7H2,1-3H3,(H,16,17). The summed E-state index contributed by atoms with van der Waals surface area (Å²) in [6.45, 7) is 5.01. The van der Waals surface area contributed by atoms with Gasteiger partial charge in [0, 0.05) is 6.20 Å². The Labute approximate surface area is 109 Å². The molecule has 19 heavy (non-hydrogen) atoms. The Morgan fingerprint density at radius 1 is 1.32 bits per heavy atom. The van der Waals surface area contributed by atoms with E-state index in [2.05, 4.69) is 10.3 Å². The molecule has 0 saturated heterocycles. The van der Waals surface area contributed by atoms with Crippen LogP contribution in [0.4, 0.5) is 19.0 Å². The van der Waals surface area contributed by atoms with Crippen LogP contribution in [0.25, 0.3) is 0 Å². The van der Waals surface area contributed by atoms with Gasteiger partial charge in [-0.3, -0.25) is 4.79 Å². The highest BCUT2D eigenvalue weighted by atomic mass is 19.4. The number of nitrogens with zero attached hydrogens (tertiary/aromatic N) is 1. The fourth-order valence-electron chi connectivity index (χ4n) is 1.21. The summed E-state index contributed by atoms with van der Waals surface area (Å²) < 4.78 is 41.9. The second kappa shape index (κ2) is 5.46. The molecule has 0 bridgehead atoms. The highest BCUT2D eigenvalue weighted by Gasteiger charge is 2.30. The number of carbonyl (C=O) groups excluding carboxylic acids is 1. The molecule has 0 saturated carbocycles. The molecule has 1 aromatic heterocycles. The summed E-state index contributed by atoms with van der Waals surface area (Å²) >= 11 is 0. The van der Waals surface area contributed by atoms with Gasteiger partial charge < -0.3 is 10.1 Å². The van der Waals surface area contributed by atoms with Gasteiger partial charge in [0.15, 0.2) is 0 Å². The first-order valence-electron chi connectivity index (χ1n) is 5.57. The molecular formula is C12H15F3N2O2. The lowest BCUT2D eigenvalue weighted by Gasteiger charge is -2.19. The lowest BCUT2D eigenvalue weighted by molar-refractivity contribution is -0.152. The predicted molar refractivity (Wildman–Crippen MR) is 63.6 cm³/mol. The van der Waals surface area contributed by atoms with E-state index >= 15 is 0 Å². The van der Waals surface area contributed by atoms with Gasteiger partial charge >= 0.3 is 12.1 Å². The van der Waals surface area contributed by atoms with Gasteiger partial charge in [0.1, 0.15) is 18.0 Å². The Morgan fingerprint density at radius 2 is 1.95 bits per heavy atom.